The molecule has 1 unspecified atom stereocenters. The smallest absolute Gasteiger partial charge is 0.248 e. The second-order valence-electron chi connectivity index (χ2n) is 5.29. The van der Waals surface area contributed by atoms with Crippen LogP contribution < -0.4 is 4.90 Å². The molecule has 1 atom stereocenters. The minimum Gasteiger partial charge on any atom is -0.387 e. The molecule has 1 aliphatic heterocycles. The molecule has 6 nitrogen and oxygen atoms in total. The normalized spacial score (nSPS) is 15.6. The molecule has 1 aliphatic rings. The number of aromatic nitrogens is 3. The second kappa shape index (κ2) is 5.65. The SMILES string of the molecule is CC(O)c1cn(CC(=O)N2CCCc3ccccc32)nn1. The quantitative estimate of drug-likeness (QED) is 0.923. The van der Waals surface area contributed by atoms with E-state index in [0.29, 0.717) is 5.69 Å². The first kappa shape index (κ1) is 13.8. The molecule has 21 heavy (non-hydrogen) atoms. The van der Waals surface area contributed by atoms with Gasteiger partial charge in [-0.2, -0.15) is 0 Å². The van der Waals surface area contributed by atoms with Crippen molar-refractivity contribution in [2.45, 2.75) is 32.4 Å². The van der Waals surface area contributed by atoms with Crippen molar-refractivity contribution in [1.29, 1.82) is 0 Å². The third-order valence-electron chi connectivity index (χ3n) is 3.69. The van der Waals surface area contributed by atoms with Gasteiger partial charge in [-0.25, -0.2) is 4.68 Å². The Morgan fingerprint density at radius 3 is 3.00 bits per heavy atom. The standard InChI is InChI=1S/C15H18N4O2/c1-11(20)13-9-18(17-16-13)10-15(21)19-8-4-6-12-5-2-3-7-14(12)19/h2-3,5,7,9,11,20H,4,6,8,10H2,1H3. The Morgan fingerprint density at radius 1 is 1.43 bits per heavy atom. The molecule has 2 heterocycles. The van der Waals surface area contributed by atoms with Crippen LogP contribution in [0.3, 0.4) is 0 Å². The first-order valence-electron chi connectivity index (χ1n) is 7.11. The maximum atomic E-state index is 12.5. The summed E-state index contributed by atoms with van der Waals surface area (Å²) in [5.41, 5.74) is 2.67. The van der Waals surface area contributed by atoms with Gasteiger partial charge >= 0.3 is 0 Å². The van der Waals surface area contributed by atoms with Gasteiger partial charge in [-0.15, -0.1) is 5.10 Å². The number of hydrogen-bond donors (Lipinski definition) is 1. The molecule has 1 aromatic heterocycles. The zero-order valence-corrected chi connectivity index (χ0v) is 11.9. The highest BCUT2D eigenvalue weighted by molar-refractivity contribution is 5.94. The highest BCUT2D eigenvalue weighted by Crippen LogP contribution is 2.26. The minimum atomic E-state index is -0.676. The van der Waals surface area contributed by atoms with E-state index in [4.69, 9.17) is 0 Å². The molecule has 1 amide bonds. The Balaban J connectivity index is 1.77. The van der Waals surface area contributed by atoms with E-state index in [1.54, 1.807) is 13.1 Å². The van der Waals surface area contributed by atoms with E-state index >= 15 is 0 Å². The van der Waals surface area contributed by atoms with Gasteiger partial charge in [0.15, 0.2) is 0 Å². The molecule has 0 spiro atoms. The number of nitrogens with zero attached hydrogens (tertiary/aromatic N) is 4. The fraction of sp³-hybridized carbons (Fsp3) is 0.400. The molecule has 3 rings (SSSR count). The number of carbonyl (C=O) groups is 1. The highest BCUT2D eigenvalue weighted by Gasteiger charge is 2.22. The molecule has 0 fully saturated rings. The molecule has 110 valence electrons. The van der Waals surface area contributed by atoms with Crippen LogP contribution in [0.2, 0.25) is 0 Å². The van der Waals surface area contributed by atoms with E-state index in [2.05, 4.69) is 16.4 Å². The molecular formula is C15H18N4O2. The van der Waals surface area contributed by atoms with Crippen molar-refractivity contribution in [1.82, 2.24) is 15.0 Å². The summed E-state index contributed by atoms with van der Waals surface area (Å²) in [6, 6.07) is 8.00. The Labute approximate surface area is 123 Å². The van der Waals surface area contributed by atoms with Crippen molar-refractivity contribution in [3.05, 3.63) is 41.7 Å². The fourth-order valence-corrected chi connectivity index (χ4v) is 2.60. The van der Waals surface area contributed by atoms with Crippen LogP contribution in [0.1, 0.15) is 30.7 Å². The third-order valence-corrected chi connectivity index (χ3v) is 3.69. The number of rotatable bonds is 3. The number of anilines is 1. The van der Waals surface area contributed by atoms with Crippen molar-refractivity contribution < 1.29 is 9.90 Å². The number of aryl methyl sites for hydroxylation is 1. The molecule has 1 N–H and O–H groups in total. The van der Waals surface area contributed by atoms with Crippen LogP contribution in [-0.4, -0.2) is 32.6 Å². The number of hydrogen-bond acceptors (Lipinski definition) is 4. The van der Waals surface area contributed by atoms with Gasteiger partial charge in [-0.05, 0) is 31.4 Å². The van der Waals surface area contributed by atoms with Crippen molar-refractivity contribution in [3.8, 4) is 0 Å². The summed E-state index contributed by atoms with van der Waals surface area (Å²) in [6.07, 6.45) is 2.91. The lowest BCUT2D eigenvalue weighted by Gasteiger charge is -2.29. The van der Waals surface area contributed by atoms with Crippen LogP contribution in [0.5, 0.6) is 0 Å². The maximum absolute atomic E-state index is 12.5. The molecule has 0 aliphatic carbocycles. The average Bonchev–Trinajstić information content (AvgIpc) is 2.95. The van der Waals surface area contributed by atoms with Crippen LogP contribution in [-0.2, 0) is 17.8 Å². The van der Waals surface area contributed by atoms with Gasteiger partial charge in [-0.1, -0.05) is 23.4 Å². The maximum Gasteiger partial charge on any atom is 0.248 e. The Hall–Kier alpha value is -2.21. The number of aliphatic hydroxyl groups is 1. The number of fused-ring (bicyclic) bond motifs is 1. The molecule has 0 saturated heterocycles. The average molecular weight is 286 g/mol. The van der Waals surface area contributed by atoms with Crippen LogP contribution in [0.15, 0.2) is 30.5 Å². The Kier molecular flexibility index (Phi) is 3.70. The number of carbonyl (C=O) groups excluding carboxylic acids is 1. The summed E-state index contributed by atoms with van der Waals surface area (Å²) in [5.74, 6) is -0.0100. The van der Waals surface area contributed by atoms with Crippen LogP contribution in [0, 0.1) is 0 Å². The number of amides is 1. The topological polar surface area (TPSA) is 71.2 Å². The van der Waals surface area contributed by atoms with Gasteiger partial charge in [0, 0.05) is 12.2 Å². The highest BCUT2D eigenvalue weighted by atomic mass is 16.3. The van der Waals surface area contributed by atoms with Crippen molar-refractivity contribution in [2.75, 3.05) is 11.4 Å². The molecule has 2 aromatic rings. The molecular weight excluding hydrogens is 268 g/mol. The molecule has 1 aromatic carbocycles. The summed E-state index contributed by atoms with van der Waals surface area (Å²) >= 11 is 0. The van der Waals surface area contributed by atoms with Gasteiger partial charge in [-0.3, -0.25) is 4.79 Å². The van der Waals surface area contributed by atoms with Crippen LogP contribution in [0.4, 0.5) is 5.69 Å². The number of para-hydroxylation sites is 1. The van der Waals surface area contributed by atoms with Gasteiger partial charge in [0.25, 0.3) is 0 Å². The fourth-order valence-electron chi connectivity index (χ4n) is 2.60. The second-order valence-corrected chi connectivity index (χ2v) is 5.29. The van der Waals surface area contributed by atoms with Crippen LogP contribution >= 0.6 is 0 Å². The predicted molar refractivity (Wildman–Crippen MR) is 77.8 cm³/mol. The Morgan fingerprint density at radius 2 is 2.24 bits per heavy atom. The van der Waals surface area contributed by atoms with E-state index < -0.39 is 6.10 Å². The minimum absolute atomic E-state index is 0.0100. The van der Waals surface area contributed by atoms with Crippen molar-refractivity contribution >= 4 is 11.6 Å². The van der Waals surface area contributed by atoms with Gasteiger partial charge in [0.1, 0.15) is 12.2 Å². The number of aliphatic hydroxyl groups excluding tert-OH is 1. The van der Waals surface area contributed by atoms with Crippen molar-refractivity contribution in [3.63, 3.8) is 0 Å². The zero-order valence-electron chi connectivity index (χ0n) is 11.9. The van der Waals surface area contributed by atoms with E-state index in [-0.39, 0.29) is 12.5 Å². The van der Waals surface area contributed by atoms with E-state index in [1.165, 1.54) is 10.2 Å². The number of benzene rings is 1. The van der Waals surface area contributed by atoms with Crippen LogP contribution in [0.25, 0.3) is 0 Å². The largest absolute Gasteiger partial charge is 0.387 e. The molecule has 0 saturated carbocycles. The first-order chi connectivity index (χ1) is 10.1. The lowest BCUT2D eigenvalue weighted by Crippen LogP contribution is -2.37. The summed E-state index contributed by atoms with van der Waals surface area (Å²) < 4.78 is 1.47. The molecule has 6 heteroatoms. The summed E-state index contributed by atoms with van der Waals surface area (Å²) in [4.78, 5) is 14.3. The van der Waals surface area contributed by atoms with E-state index in [0.717, 1.165) is 25.1 Å². The lowest BCUT2D eigenvalue weighted by atomic mass is 10.0. The monoisotopic (exact) mass is 286 g/mol. The summed E-state index contributed by atoms with van der Waals surface area (Å²) in [6.45, 7) is 2.49. The zero-order chi connectivity index (χ0) is 14.8. The van der Waals surface area contributed by atoms with Gasteiger partial charge in [0.05, 0.1) is 12.3 Å². The van der Waals surface area contributed by atoms with E-state index in [1.807, 2.05) is 23.1 Å². The van der Waals surface area contributed by atoms with E-state index in [9.17, 15) is 9.90 Å². The summed E-state index contributed by atoms with van der Waals surface area (Å²) in [7, 11) is 0. The third kappa shape index (κ3) is 2.80. The molecule has 0 bridgehead atoms. The van der Waals surface area contributed by atoms with Crippen molar-refractivity contribution in [2.24, 2.45) is 0 Å². The Bertz CT molecular complexity index is 651. The predicted octanol–water partition coefficient (Wildman–Crippen LogP) is 1.31. The van der Waals surface area contributed by atoms with Gasteiger partial charge < -0.3 is 10.0 Å². The lowest BCUT2D eigenvalue weighted by molar-refractivity contribution is -0.119. The summed E-state index contributed by atoms with van der Waals surface area (Å²) in [5, 5.41) is 17.2. The molecule has 0 radical (unpaired) electrons. The first-order valence-corrected chi connectivity index (χ1v) is 7.11. The van der Waals surface area contributed by atoms with Gasteiger partial charge in [0.2, 0.25) is 5.91 Å².